The standard InChI is InChI=1S/C18H14ClF3O4/c1-25-10-14(17(23)24)13-5-3-2-4-11(13)9-26-16-7-6-12(8-15(16)19)18(20,21)22/h2-8,10H,9H2,1H3,(H,23,24). The Morgan fingerprint density at radius 2 is 1.92 bits per heavy atom. The van der Waals surface area contributed by atoms with Crippen LogP contribution in [0, 0.1) is 0 Å². The molecule has 0 bridgehead atoms. The molecule has 0 aliphatic carbocycles. The number of hydrogen-bond acceptors (Lipinski definition) is 3. The number of carboxylic acids is 1. The maximum absolute atomic E-state index is 12.7. The first-order chi connectivity index (χ1) is 12.2. The number of hydrogen-bond donors (Lipinski definition) is 1. The zero-order valence-corrected chi connectivity index (χ0v) is 14.3. The van der Waals surface area contributed by atoms with E-state index >= 15 is 0 Å². The third-order valence-electron chi connectivity index (χ3n) is 3.42. The van der Waals surface area contributed by atoms with Crippen molar-refractivity contribution in [2.45, 2.75) is 12.8 Å². The van der Waals surface area contributed by atoms with Crippen LogP contribution in [0.5, 0.6) is 5.75 Å². The van der Waals surface area contributed by atoms with Gasteiger partial charge in [-0.1, -0.05) is 35.9 Å². The van der Waals surface area contributed by atoms with Crippen LogP contribution < -0.4 is 4.74 Å². The third-order valence-corrected chi connectivity index (χ3v) is 3.71. The van der Waals surface area contributed by atoms with E-state index in [4.69, 9.17) is 21.1 Å². The van der Waals surface area contributed by atoms with Gasteiger partial charge in [0.25, 0.3) is 0 Å². The summed E-state index contributed by atoms with van der Waals surface area (Å²) in [4.78, 5) is 11.4. The van der Waals surface area contributed by atoms with Gasteiger partial charge in [0.1, 0.15) is 17.9 Å². The fourth-order valence-electron chi connectivity index (χ4n) is 2.21. The van der Waals surface area contributed by atoms with E-state index in [0.717, 1.165) is 24.5 Å². The first-order valence-corrected chi connectivity index (χ1v) is 7.66. The number of alkyl halides is 3. The van der Waals surface area contributed by atoms with Crippen molar-refractivity contribution in [2.24, 2.45) is 0 Å². The third kappa shape index (κ3) is 4.70. The average molecular weight is 387 g/mol. The Hall–Kier alpha value is -2.67. The number of halogens is 4. The van der Waals surface area contributed by atoms with Crippen LogP contribution in [0.1, 0.15) is 16.7 Å². The van der Waals surface area contributed by atoms with Crippen LogP contribution in [-0.4, -0.2) is 18.2 Å². The molecule has 2 aromatic carbocycles. The van der Waals surface area contributed by atoms with E-state index in [2.05, 4.69) is 0 Å². The fraction of sp³-hybridized carbons (Fsp3) is 0.167. The number of rotatable bonds is 6. The Balaban J connectivity index is 2.26. The molecule has 0 saturated carbocycles. The van der Waals surface area contributed by atoms with Crippen LogP contribution in [0.2, 0.25) is 5.02 Å². The highest BCUT2D eigenvalue weighted by Gasteiger charge is 2.31. The van der Waals surface area contributed by atoms with E-state index in [1.54, 1.807) is 24.3 Å². The summed E-state index contributed by atoms with van der Waals surface area (Å²) in [5.74, 6) is -1.13. The first-order valence-electron chi connectivity index (χ1n) is 7.28. The van der Waals surface area contributed by atoms with Crippen LogP contribution in [0.4, 0.5) is 13.2 Å². The summed E-state index contributed by atoms with van der Waals surface area (Å²) in [5.41, 5.74) is -0.0873. The lowest BCUT2D eigenvalue weighted by Gasteiger charge is -2.14. The summed E-state index contributed by atoms with van der Waals surface area (Å²) in [5, 5.41) is 9.11. The quantitative estimate of drug-likeness (QED) is 0.560. The molecule has 0 fully saturated rings. The number of ether oxygens (including phenoxy) is 2. The van der Waals surface area contributed by atoms with Gasteiger partial charge in [-0.3, -0.25) is 0 Å². The molecule has 0 aliphatic rings. The van der Waals surface area contributed by atoms with Crippen molar-refractivity contribution in [2.75, 3.05) is 7.11 Å². The Morgan fingerprint density at radius 1 is 1.23 bits per heavy atom. The summed E-state index contributed by atoms with van der Waals surface area (Å²) in [6.45, 7) is -0.0877. The SMILES string of the molecule is COC=C(C(=O)O)c1ccccc1COc1ccc(C(F)(F)F)cc1Cl. The minimum atomic E-state index is -4.50. The lowest BCUT2D eigenvalue weighted by Crippen LogP contribution is -2.07. The van der Waals surface area contributed by atoms with E-state index in [0.29, 0.717) is 11.1 Å². The molecule has 0 heterocycles. The molecule has 2 aromatic rings. The van der Waals surface area contributed by atoms with E-state index in [9.17, 15) is 23.1 Å². The molecule has 26 heavy (non-hydrogen) atoms. The molecule has 0 radical (unpaired) electrons. The summed E-state index contributed by atoms with van der Waals surface area (Å²) in [6.07, 6.45) is -3.41. The smallest absolute Gasteiger partial charge is 0.416 e. The number of aliphatic carboxylic acids is 1. The Morgan fingerprint density at radius 3 is 2.50 bits per heavy atom. The van der Waals surface area contributed by atoms with Crippen LogP contribution in [0.25, 0.3) is 5.57 Å². The van der Waals surface area contributed by atoms with Gasteiger partial charge < -0.3 is 14.6 Å². The van der Waals surface area contributed by atoms with Gasteiger partial charge in [-0.05, 0) is 29.3 Å². The van der Waals surface area contributed by atoms with Crippen molar-refractivity contribution in [3.63, 3.8) is 0 Å². The maximum Gasteiger partial charge on any atom is 0.416 e. The van der Waals surface area contributed by atoms with E-state index in [-0.39, 0.29) is 23.0 Å². The Bertz CT molecular complexity index is 831. The molecule has 0 amide bonds. The lowest BCUT2D eigenvalue weighted by atomic mass is 10.0. The summed E-state index contributed by atoms with van der Waals surface area (Å²) in [7, 11) is 1.32. The average Bonchev–Trinajstić information content (AvgIpc) is 2.58. The summed E-state index contributed by atoms with van der Waals surface area (Å²) < 4.78 is 48.3. The summed E-state index contributed by atoms with van der Waals surface area (Å²) >= 11 is 5.85. The highest BCUT2D eigenvalue weighted by molar-refractivity contribution is 6.32. The summed E-state index contributed by atoms with van der Waals surface area (Å²) in [6, 6.07) is 9.30. The highest BCUT2D eigenvalue weighted by Crippen LogP contribution is 2.35. The van der Waals surface area contributed by atoms with Gasteiger partial charge in [-0.15, -0.1) is 0 Å². The number of benzene rings is 2. The van der Waals surface area contributed by atoms with Crippen molar-refractivity contribution in [1.29, 1.82) is 0 Å². The van der Waals surface area contributed by atoms with Gasteiger partial charge >= 0.3 is 12.1 Å². The molecule has 0 aliphatic heterocycles. The monoisotopic (exact) mass is 386 g/mol. The minimum absolute atomic E-state index is 0.0575. The highest BCUT2D eigenvalue weighted by atomic mass is 35.5. The van der Waals surface area contributed by atoms with Crippen LogP contribution in [-0.2, 0) is 22.3 Å². The fourth-order valence-corrected chi connectivity index (χ4v) is 2.44. The molecular formula is C18H14ClF3O4. The van der Waals surface area contributed by atoms with Gasteiger partial charge in [0.15, 0.2) is 0 Å². The molecule has 0 spiro atoms. The Labute approximate surface area is 152 Å². The van der Waals surface area contributed by atoms with E-state index in [1.165, 1.54) is 7.11 Å². The molecule has 0 atom stereocenters. The van der Waals surface area contributed by atoms with Gasteiger partial charge in [0, 0.05) is 0 Å². The second kappa shape index (κ2) is 8.14. The zero-order chi connectivity index (χ0) is 19.3. The van der Waals surface area contributed by atoms with Crippen molar-refractivity contribution < 1.29 is 32.5 Å². The molecule has 1 N–H and O–H groups in total. The maximum atomic E-state index is 12.7. The predicted octanol–water partition coefficient (Wildman–Crippen LogP) is 5.01. The topological polar surface area (TPSA) is 55.8 Å². The first kappa shape index (κ1) is 19.7. The van der Waals surface area contributed by atoms with Gasteiger partial charge in [-0.25, -0.2) is 4.79 Å². The van der Waals surface area contributed by atoms with Crippen molar-refractivity contribution in [3.05, 3.63) is 70.4 Å². The molecule has 138 valence electrons. The molecule has 4 nitrogen and oxygen atoms in total. The van der Waals surface area contributed by atoms with Crippen LogP contribution in [0.3, 0.4) is 0 Å². The van der Waals surface area contributed by atoms with Crippen molar-refractivity contribution >= 4 is 23.1 Å². The second-order valence-corrected chi connectivity index (χ2v) is 5.57. The van der Waals surface area contributed by atoms with Gasteiger partial charge in [0.05, 0.1) is 24.0 Å². The lowest BCUT2D eigenvalue weighted by molar-refractivity contribution is -0.137. The molecule has 0 unspecified atom stereocenters. The number of carbonyl (C=O) groups is 1. The number of carboxylic acid groups (broad SMARTS) is 1. The normalized spacial score (nSPS) is 12.0. The van der Waals surface area contributed by atoms with E-state index in [1.807, 2.05) is 0 Å². The number of methoxy groups -OCH3 is 1. The predicted molar refractivity (Wildman–Crippen MR) is 89.8 cm³/mol. The molecule has 8 heteroatoms. The van der Waals surface area contributed by atoms with E-state index < -0.39 is 17.7 Å². The van der Waals surface area contributed by atoms with Gasteiger partial charge in [0.2, 0.25) is 0 Å². The minimum Gasteiger partial charge on any atom is -0.503 e. The van der Waals surface area contributed by atoms with Gasteiger partial charge in [-0.2, -0.15) is 13.2 Å². The second-order valence-electron chi connectivity index (χ2n) is 5.16. The Kier molecular flexibility index (Phi) is 6.15. The molecule has 2 rings (SSSR count). The van der Waals surface area contributed by atoms with Crippen LogP contribution >= 0.6 is 11.6 Å². The largest absolute Gasteiger partial charge is 0.503 e. The zero-order valence-electron chi connectivity index (χ0n) is 13.5. The van der Waals surface area contributed by atoms with Crippen molar-refractivity contribution in [3.8, 4) is 5.75 Å². The van der Waals surface area contributed by atoms with Crippen molar-refractivity contribution in [1.82, 2.24) is 0 Å². The molecular weight excluding hydrogens is 373 g/mol. The van der Waals surface area contributed by atoms with Crippen LogP contribution in [0.15, 0.2) is 48.7 Å². The molecule has 0 saturated heterocycles. The molecule has 0 aromatic heterocycles.